The van der Waals surface area contributed by atoms with Crippen LogP contribution in [0.25, 0.3) is 4.85 Å². The lowest BCUT2D eigenvalue weighted by Gasteiger charge is -2.37. The molecule has 3 aliphatic rings. The van der Waals surface area contributed by atoms with Gasteiger partial charge >= 0.3 is 23.0 Å². The minimum Gasteiger partial charge on any atom is -0.481 e. The van der Waals surface area contributed by atoms with Crippen molar-refractivity contribution in [2.24, 2.45) is 5.73 Å². The maximum Gasteiger partial charge on any atom is 0.330 e. The molecule has 13 atom stereocenters. The number of ketones is 2. The van der Waals surface area contributed by atoms with Gasteiger partial charge < -0.3 is 78.7 Å². The summed E-state index contributed by atoms with van der Waals surface area (Å²) in [7, 11) is 2.19. The fourth-order valence-electron chi connectivity index (χ4n) is 7.84. The Morgan fingerprint density at radius 2 is 1.03 bits per heavy atom. The molecule has 490 valence electrons. The first-order chi connectivity index (χ1) is 43.7. The maximum atomic E-state index is 12.6. The lowest BCUT2D eigenvalue weighted by molar-refractivity contribution is -0.136. The molecule has 3 aromatic rings. The number of carboxylic acid groups (broad SMARTS) is 1. The third kappa shape index (κ3) is 25.5. The summed E-state index contributed by atoms with van der Waals surface area (Å²) in [5.41, 5.74) is 1.59. The maximum absolute atomic E-state index is 12.6. The van der Waals surface area contributed by atoms with Crippen LogP contribution in [0.1, 0.15) is 124 Å². The number of nitrogens with two attached hydrogens (primary N) is 1. The molecule has 0 radical (unpaired) electrons. The van der Waals surface area contributed by atoms with Gasteiger partial charge in [-0.25, -0.2) is 25.6 Å². The predicted octanol–water partition coefficient (Wildman–Crippen LogP) is -0.133. The molecule has 3 fully saturated rings. The fraction of sp³-hybridized carbons (Fsp3) is 0.698. The summed E-state index contributed by atoms with van der Waals surface area (Å²) < 4.78 is 91.6. The van der Waals surface area contributed by atoms with E-state index in [9.17, 15) is 53.4 Å². The lowest BCUT2D eigenvalue weighted by Crippen LogP contribution is -2.41. The largest absolute Gasteiger partial charge is 0.481 e. The van der Waals surface area contributed by atoms with Gasteiger partial charge in [0.25, 0.3) is 25.2 Å². The molecule has 32 nitrogen and oxygen atoms in total. The predicted molar refractivity (Wildman–Crippen MR) is 312 cm³/mol. The molecule has 0 aliphatic carbocycles. The smallest absolute Gasteiger partial charge is 0.330 e. The highest BCUT2D eigenvalue weighted by Crippen LogP contribution is 2.50. The lowest BCUT2D eigenvalue weighted by atomic mass is 10.1. The Labute approximate surface area is 507 Å². The van der Waals surface area contributed by atoms with E-state index in [0.717, 1.165) is 21.3 Å². The summed E-state index contributed by atoms with van der Waals surface area (Å²) in [4.78, 5) is 112. The van der Waals surface area contributed by atoms with Crippen LogP contribution in [0.2, 0.25) is 0 Å². The monoisotopic (exact) mass is 1260 g/mol. The standard InChI is InChI=1S/C23H37N4O7P.C14H20N2O6.C10H15N3O5.C3H6O2.3CH4O/c1-8-18(28)10-13-31-21-20(17(6)33-22(21)26-12-9-19(29)25-23(26)30)34-35(32-14-11-24-7)27(15(2)3)16(4)5;1-3-9(17)5-7-21-12-11(19)8(2)22-13(12)16-6-4-10(18)15-14(16)20;1-5-7(15)8(17-4-11)9(18-5)13-3-2-6(14)12-10(13)16;1-2-3(4)5;3*1-2/h9,12,15-17,20-22H,8,10-11,13-14H2,1-6H3,(H,25,29,30);4,6,8,11-13,19H,3,5,7H2,1-2H3,(H,15,18,20);2-3,5,7-9,15H,4,11H2,1H3,(H,12,14,16);2H2,1H3,(H,4,5);3*2H,1H3/t17-,20-,21-,22-,35?;8-,11-,12-,13-;5-,7-,8-,9-;;;;/m111..../s1/i6D;2D;1D;;3*2T. The van der Waals surface area contributed by atoms with Crippen LogP contribution in [-0.2, 0) is 51.9 Å². The van der Waals surface area contributed by atoms with Crippen LogP contribution < -0.4 is 39.5 Å². The molecule has 3 saturated heterocycles. The average Bonchev–Trinajstić information content (AvgIpc) is 1.73. The quantitative estimate of drug-likeness (QED) is 0.0242. The number of aromatic nitrogens is 6. The molecule has 0 saturated carbocycles. The first-order valence-electron chi connectivity index (χ1n) is 30.2. The van der Waals surface area contributed by atoms with Crippen molar-refractivity contribution in [2.45, 2.75) is 187 Å². The zero-order valence-corrected chi connectivity index (χ0v) is 50.9. The molecule has 33 heteroatoms. The van der Waals surface area contributed by atoms with Gasteiger partial charge in [0.15, 0.2) is 18.7 Å². The zero-order chi connectivity index (χ0) is 70.2. The molecule has 0 spiro atoms. The van der Waals surface area contributed by atoms with E-state index in [1.807, 2.05) is 27.7 Å². The topological polar surface area (TPSA) is 445 Å². The van der Waals surface area contributed by atoms with Gasteiger partial charge in [0, 0.05) is 106 Å². The molecule has 6 rings (SSSR count). The third-order valence-corrected chi connectivity index (χ3v) is 14.0. The van der Waals surface area contributed by atoms with Crippen LogP contribution in [0.4, 0.5) is 0 Å². The van der Waals surface area contributed by atoms with E-state index in [0.29, 0.717) is 12.8 Å². The van der Waals surface area contributed by atoms with Crippen molar-refractivity contribution in [1.82, 2.24) is 33.3 Å². The van der Waals surface area contributed by atoms with E-state index in [1.165, 1.54) is 50.6 Å². The number of nitrogens with one attached hydrogen (secondary N) is 3. The van der Waals surface area contributed by atoms with Crippen molar-refractivity contribution in [3.05, 3.63) is 111 Å². The highest BCUT2D eigenvalue weighted by atomic mass is 31.2. The third-order valence-electron chi connectivity index (χ3n) is 11.9. The molecular formula is C53H90N9O23P. The van der Waals surface area contributed by atoms with E-state index in [2.05, 4.69) is 39.8 Å². The van der Waals surface area contributed by atoms with Gasteiger partial charge in [-0.1, -0.05) is 20.8 Å². The van der Waals surface area contributed by atoms with Crippen molar-refractivity contribution in [3.63, 3.8) is 0 Å². The van der Waals surface area contributed by atoms with Gasteiger partial charge in [0.05, 0.1) is 38.3 Å². The number of aromatic amines is 3. The molecule has 1 unspecified atom stereocenters. The molecule has 0 aromatic carbocycles. The second-order valence-corrected chi connectivity index (χ2v) is 19.7. The number of carbonyl (C=O) groups excluding carboxylic acids is 2. The Morgan fingerprint density at radius 3 is 1.36 bits per heavy atom. The molecule has 6 heterocycles. The van der Waals surface area contributed by atoms with E-state index < -0.39 is 122 Å². The van der Waals surface area contributed by atoms with Gasteiger partial charge in [0.1, 0.15) is 54.8 Å². The second kappa shape index (κ2) is 42.9. The van der Waals surface area contributed by atoms with Crippen molar-refractivity contribution in [1.29, 1.82) is 4.29 Å². The van der Waals surface area contributed by atoms with E-state index in [4.69, 9.17) is 63.3 Å². The van der Waals surface area contributed by atoms with Gasteiger partial charge in [-0.05, 0) is 48.4 Å². The minimum absolute atomic E-state index is 0.0215. The highest BCUT2D eigenvalue weighted by molar-refractivity contribution is 7.44. The Kier molecular flexibility index (Phi) is 34.6. The number of carbonyl (C=O) groups is 3. The molecular weight excluding hydrogens is 1160 g/mol. The summed E-state index contributed by atoms with van der Waals surface area (Å²) in [6, 6.07) is 3.62. The summed E-state index contributed by atoms with van der Waals surface area (Å²) in [6.07, 6.45) is -5.68. The van der Waals surface area contributed by atoms with Crippen molar-refractivity contribution in [2.75, 3.05) is 54.4 Å². The first-order valence-corrected chi connectivity index (χ1v) is 28.0. The number of aliphatic carboxylic acids is 1. The molecule has 3 aliphatic heterocycles. The Bertz CT molecular complexity index is 2960. The zero-order valence-electron chi connectivity index (χ0n) is 56.0. The van der Waals surface area contributed by atoms with Crippen LogP contribution in [0.15, 0.2) is 65.6 Å². The van der Waals surface area contributed by atoms with E-state index in [1.54, 1.807) is 20.8 Å². The Hall–Kier alpha value is -5.83. The molecule has 0 amide bonds. The number of hydrogen-bond donors (Lipinski definition) is 10. The molecule has 86 heavy (non-hydrogen) atoms. The number of rotatable bonds is 24. The van der Waals surface area contributed by atoms with Gasteiger partial charge in [0.2, 0.25) is 10.8 Å². The van der Waals surface area contributed by atoms with Gasteiger partial charge in [-0.2, -0.15) is 0 Å². The summed E-state index contributed by atoms with van der Waals surface area (Å²) in [6.45, 7) is 20.0. The molecule has 11 N–H and O–H groups in total. The second-order valence-electron chi connectivity index (χ2n) is 18.3. The van der Waals surface area contributed by atoms with Crippen LogP contribution in [-0.4, -0.2) is 207 Å². The number of hydrogen-bond acceptors (Lipinski definition) is 24. The van der Waals surface area contributed by atoms with E-state index >= 15 is 0 Å². The van der Waals surface area contributed by atoms with Crippen molar-refractivity contribution < 1.29 is 86.6 Å². The SMILES string of the molecule is CCC(=O)O.[2H]C[C@H]1O[C@@H](n2ccc(=O)[nH]c2=O)[C@H](OCCC(=O)CC)[C@@H]1O.[2H]C[C@H]1O[C@@H](n2ccc(=O)[nH]c2=O)[C@H](OCCC(=O)CC)[C@@H]1OP(OCC[N+]#[C-])N(C(C)C)C(C)C.[2H]C[C@H]1O[C@@H](n2ccc(=O)[nH]c2=O)[C@H](OCN)[C@@H]1O.[3H]OC.[3H]OC.[3H]OC. The molecule has 3 aromatic heterocycles. The number of Topliss-reactive ketones (excluding diaryl/α,β-unsaturated/α-hetero) is 2. The number of H-pyrrole nitrogens is 3. The van der Waals surface area contributed by atoms with E-state index in [-0.39, 0.29) is 96.7 Å². The highest BCUT2D eigenvalue weighted by Gasteiger charge is 2.49. The van der Waals surface area contributed by atoms with Crippen LogP contribution in [0, 0.1) is 6.57 Å². The number of aliphatic hydroxyl groups is 5. The number of nitrogens with zero attached hydrogens (tertiary/aromatic N) is 5. The summed E-state index contributed by atoms with van der Waals surface area (Å²) in [5.74, 6) is -0.699. The average molecular weight is 1260 g/mol. The first kappa shape index (κ1) is 69.3. The van der Waals surface area contributed by atoms with Crippen molar-refractivity contribution in [3.8, 4) is 0 Å². The summed E-state index contributed by atoms with van der Waals surface area (Å²) in [5, 5.41) is 38.4. The van der Waals surface area contributed by atoms with Crippen LogP contribution in [0.5, 0.6) is 0 Å². The van der Waals surface area contributed by atoms with Crippen molar-refractivity contribution >= 4 is 26.1 Å². The summed E-state index contributed by atoms with van der Waals surface area (Å²) >= 11 is 0. The Morgan fingerprint density at radius 1 is 0.674 bits per heavy atom. The minimum atomic E-state index is -1.68. The van der Waals surface area contributed by atoms with Crippen LogP contribution in [0.3, 0.4) is 0 Å². The number of carboxylic acids is 1. The Balaban J connectivity index is 0.00000127. The molecule has 0 bridgehead atoms. The fourth-order valence-corrected chi connectivity index (χ4v) is 9.60. The number of aliphatic hydroxyl groups excluding tert-OH is 5. The normalized spacial score (nSPS) is 24.8. The van der Waals surface area contributed by atoms with Gasteiger partial charge in [-0.3, -0.25) is 57.4 Å². The van der Waals surface area contributed by atoms with Gasteiger partial charge in [-0.15, -0.1) is 0 Å². The van der Waals surface area contributed by atoms with Crippen LogP contribution >= 0.6 is 8.53 Å². The number of ether oxygens (including phenoxy) is 6.